The standard InChI is InChI=1S/C12H11BrN4S/c13-10-2-1-9(18-10)3-6-14-11-5-8-17-12(16-11)4-7-15-17/h1-2,4-5,7-8H,3,6H2,(H,14,16). The van der Waals surface area contributed by atoms with E-state index < -0.39 is 0 Å². The Bertz CT molecular complexity index is 661. The summed E-state index contributed by atoms with van der Waals surface area (Å²) in [5.74, 6) is 0.888. The van der Waals surface area contributed by atoms with Crippen molar-refractivity contribution < 1.29 is 0 Å². The lowest BCUT2D eigenvalue weighted by molar-refractivity contribution is 0.934. The molecule has 0 saturated carbocycles. The Labute approximate surface area is 117 Å². The van der Waals surface area contributed by atoms with Crippen LogP contribution in [0, 0.1) is 0 Å². The van der Waals surface area contributed by atoms with Crippen molar-refractivity contribution in [1.82, 2.24) is 14.6 Å². The Morgan fingerprint density at radius 2 is 2.22 bits per heavy atom. The van der Waals surface area contributed by atoms with Gasteiger partial charge < -0.3 is 5.32 Å². The zero-order valence-corrected chi connectivity index (χ0v) is 11.9. The summed E-state index contributed by atoms with van der Waals surface area (Å²) < 4.78 is 2.93. The molecule has 0 spiro atoms. The van der Waals surface area contributed by atoms with Crippen molar-refractivity contribution in [3.63, 3.8) is 0 Å². The van der Waals surface area contributed by atoms with E-state index in [0.717, 1.165) is 24.4 Å². The van der Waals surface area contributed by atoms with Crippen LogP contribution in [0.4, 0.5) is 5.82 Å². The Kier molecular flexibility index (Phi) is 3.29. The Balaban J connectivity index is 1.62. The van der Waals surface area contributed by atoms with Crippen molar-refractivity contribution in [3.8, 4) is 0 Å². The molecule has 18 heavy (non-hydrogen) atoms. The molecule has 92 valence electrons. The van der Waals surface area contributed by atoms with Gasteiger partial charge in [-0.3, -0.25) is 0 Å². The lowest BCUT2D eigenvalue weighted by Gasteiger charge is -2.04. The van der Waals surface area contributed by atoms with Crippen LogP contribution in [0.1, 0.15) is 4.88 Å². The smallest absolute Gasteiger partial charge is 0.157 e. The molecule has 0 bridgehead atoms. The van der Waals surface area contributed by atoms with E-state index in [1.165, 1.54) is 8.66 Å². The molecule has 0 aromatic carbocycles. The number of fused-ring (bicyclic) bond motifs is 1. The van der Waals surface area contributed by atoms with Crippen LogP contribution in [0.3, 0.4) is 0 Å². The van der Waals surface area contributed by atoms with Gasteiger partial charge in [0.2, 0.25) is 0 Å². The first-order valence-electron chi connectivity index (χ1n) is 5.60. The van der Waals surface area contributed by atoms with Gasteiger partial charge in [0, 0.05) is 23.7 Å². The molecule has 0 fully saturated rings. The highest BCUT2D eigenvalue weighted by Crippen LogP contribution is 2.22. The van der Waals surface area contributed by atoms with Crippen LogP contribution >= 0.6 is 27.3 Å². The highest BCUT2D eigenvalue weighted by atomic mass is 79.9. The second kappa shape index (κ2) is 5.07. The van der Waals surface area contributed by atoms with E-state index in [-0.39, 0.29) is 0 Å². The number of nitrogens with zero attached hydrogens (tertiary/aromatic N) is 3. The number of rotatable bonds is 4. The summed E-state index contributed by atoms with van der Waals surface area (Å²) >= 11 is 5.24. The summed E-state index contributed by atoms with van der Waals surface area (Å²) in [6.45, 7) is 0.879. The van der Waals surface area contributed by atoms with Gasteiger partial charge in [0.05, 0.1) is 9.98 Å². The zero-order chi connectivity index (χ0) is 12.4. The van der Waals surface area contributed by atoms with Gasteiger partial charge in [-0.1, -0.05) is 0 Å². The third-order valence-corrected chi connectivity index (χ3v) is 4.25. The fourth-order valence-electron chi connectivity index (χ4n) is 1.71. The minimum absolute atomic E-state index is 0.860. The molecular weight excluding hydrogens is 312 g/mol. The van der Waals surface area contributed by atoms with Crippen molar-refractivity contribution in [3.05, 3.63) is 45.3 Å². The molecule has 0 unspecified atom stereocenters. The molecule has 0 radical (unpaired) electrons. The second-order valence-corrected chi connectivity index (χ2v) is 6.38. The quantitative estimate of drug-likeness (QED) is 0.802. The molecule has 3 heterocycles. The minimum atomic E-state index is 0.860. The second-order valence-electron chi connectivity index (χ2n) is 3.83. The van der Waals surface area contributed by atoms with Crippen LogP contribution in [0.15, 0.2) is 40.4 Å². The number of nitrogens with one attached hydrogen (secondary N) is 1. The third kappa shape index (κ3) is 2.54. The molecule has 0 aliphatic heterocycles. The van der Waals surface area contributed by atoms with Gasteiger partial charge in [-0.2, -0.15) is 5.10 Å². The van der Waals surface area contributed by atoms with Gasteiger partial charge in [-0.05, 0) is 40.5 Å². The van der Waals surface area contributed by atoms with Crippen LogP contribution in [0.25, 0.3) is 5.65 Å². The van der Waals surface area contributed by atoms with Crippen molar-refractivity contribution in [2.45, 2.75) is 6.42 Å². The normalized spacial score (nSPS) is 10.9. The average Bonchev–Trinajstić information content (AvgIpc) is 2.97. The van der Waals surface area contributed by atoms with Crippen molar-refractivity contribution in [1.29, 1.82) is 0 Å². The summed E-state index contributed by atoms with van der Waals surface area (Å²) in [5, 5.41) is 7.44. The molecule has 4 nitrogen and oxygen atoms in total. The Morgan fingerprint density at radius 3 is 3.06 bits per heavy atom. The number of thiophene rings is 1. The van der Waals surface area contributed by atoms with Crippen LogP contribution in [-0.4, -0.2) is 21.1 Å². The molecule has 6 heteroatoms. The summed E-state index contributed by atoms with van der Waals surface area (Å²) in [6, 6.07) is 8.05. The average molecular weight is 323 g/mol. The van der Waals surface area contributed by atoms with E-state index in [4.69, 9.17) is 0 Å². The SMILES string of the molecule is Brc1ccc(CCNc2ccn3nccc3n2)s1. The largest absolute Gasteiger partial charge is 0.370 e. The van der Waals surface area contributed by atoms with Gasteiger partial charge in [0.15, 0.2) is 5.65 Å². The van der Waals surface area contributed by atoms with E-state index in [1.54, 1.807) is 22.0 Å². The summed E-state index contributed by atoms with van der Waals surface area (Å²) in [7, 11) is 0. The molecule has 3 aromatic rings. The monoisotopic (exact) mass is 322 g/mol. The molecule has 3 rings (SSSR count). The maximum Gasteiger partial charge on any atom is 0.157 e. The zero-order valence-electron chi connectivity index (χ0n) is 9.51. The molecule has 0 amide bonds. The minimum Gasteiger partial charge on any atom is -0.370 e. The lowest BCUT2D eigenvalue weighted by atomic mass is 10.3. The topological polar surface area (TPSA) is 42.2 Å². The molecular formula is C12H11BrN4S. The number of aromatic nitrogens is 3. The number of anilines is 1. The van der Waals surface area contributed by atoms with Crippen molar-refractivity contribution in [2.24, 2.45) is 0 Å². The molecule has 0 atom stereocenters. The van der Waals surface area contributed by atoms with Gasteiger partial charge in [0.25, 0.3) is 0 Å². The molecule has 3 aromatic heterocycles. The summed E-state index contributed by atoms with van der Waals surface area (Å²) in [4.78, 5) is 5.82. The maximum absolute atomic E-state index is 4.46. The van der Waals surface area contributed by atoms with Crippen LogP contribution in [0.5, 0.6) is 0 Å². The van der Waals surface area contributed by atoms with E-state index in [0.29, 0.717) is 0 Å². The molecule has 0 aliphatic carbocycles. The third-order valence-electron chi connectivity index (χ3n) is 2.56. The Morgan fingerprint density at radius 1 is 1.28 bits per heavy atom. The van der Waals surface area contributed by atoms with E-state index in [9.17, 15) is 0 Å². The van der Waals surface area contributed by atoms with Crippen LogP contribution < -0.4 is 5.32 Å². The molecule has 1 N–H and O–H groups in total. The fraction of sp³-hybridized carbons (Fsp3) is 0.167. The van der Waals surface area contributed by atoms with Gasteiger partial charge in [-0.15, -0.1) is 11.3 Å². The Hall–Kier alpha value is -1.40. The highest BCUT2D eigenvalue weighted by Gasteiger charge is 2.00. The fourth-order valence-corrected chi connectivity index (χ4v) is 3.19. The maximum atomic E-state index is 4.46. The summed E-state index contributed by atoms with van der Waals surface area (Å²) in [5.41, 5.74) is 0.860. The molecule has 0 aliphatic rings. The van der Waals surface area contributed by atoms with E-state index in [2.05, 4.69) is 43.5 Å². The summed E-state index contributed by atoms with van der Waals surface area (Å²) in [6.07, 6.45) is 4.66. The first-order chi connectivity index (χ1) is 8.81. The van der Waals surface area contributed by atoms with E-state index >= 15 is 0 Å². The predicted molar refractivity (Wildman–Crippen MR) is 77.2 cm³/mol. The number of hydrogen-bond donors (Lipinski definition) is 1. The van der Waals surface area contributed by atoms with Gasteiger partial charge in [-0.25, -0.2) is 9.50 Å². The van der Waals surface area contributed by atoms with Gasteiger partial charge in [0.1, 0.15) is 5.82 Å². The van der Waals surface area contributed by atoms with Crippen molar-refractivity contribution >= 4 is 38.7 Å². The number of halogens is 1. The first-order valence-corrected chi connectivity index (χ1v) is 7.21. The lowest BCUT2D eigenvalue weighted by Crippen LogP contribution is -2.06. The van der Waals surface area contributed by atoms with Crippen LogP contribution in [-0.2, 0) is 6.42 Å². The highest BCUT2D eigenvalue weighted by molar-refractivity contribution is 9.11. The number of hydrogen-bond acceptors (Lipinski definition) is 4. The van der Waals surface area contributed by atoms with Crippen LogP contribution in [0.2, 0.25) is 0 Å². The van der Waals surface area contributed by atoms with E-state index in [1.807, 2.05) is 18.3 Å². The van der Waals surface area contributed by atoms with Gasteiger partial charge >= 0.3 is 0 Å². The van der Waals surface area contributed by atoms with Crippen molar-refractivity contribution in [2.75, 3.05) is 11.9 Å². The molecule has 0 saturated heterocycles. The first kappa shape index (κ1) is 11.7. The predicted octanol–water partition coefficient (Wildman–Crippen LogP) is 3.21.